The van der Waals surface area contributed by atoms with Gasteiger partial charge in [0, 0.05) is 6.92 Å². The zero-order chi connectivity index (χ0) is 74.5. The van der Waals surface area contributed by atoms with Crippen molar-refractivity contribution in [3.63, 3.8) is 0 Å². The number of aliphatic hydroxyl groups is 24. The van der Waals surface area contributed by atoms with Gasteiger partial charge in [-0.1, -0.05) is 0 Å². The van der Waals surface area contributed by atoms with Crippen LogP contribution < -0.4 is 5.32 Å². The Morgan fingerprint density at radius 1 is 0.370 bits per heavy atom. The number of hydrogen-bond donors (Lipinski definition) is 29. The zero-order valence-electron chi connectivity index (χ0n) is 52.1. The van der Waals surface area contributed by atoms with Crippen LogP contribution in [-0.2, 0) is 89.3 Å². The molecule has 48 nitrogen and oxygen atoms in total. The first-order valence-corrected chi connectivity index (χ1v) is 33.6. The van der Waals surface area contributed by atoms with Crippen molar-refractivity contribution < 1.29 is 231 Å². The lowest BCUT2D eigenvalue weighted by Gasteiger charge is -2.49. The highest BCUT2D eigenvalue weighted by atomic mass is 31.2. The highest BCUT2D eigenvalue weighted by Crippen LogP contribution is 2.41. The molecule has 0 aromatic rings. The Morgan fingerprint density at radius 3 is 1.09 bits per heavy atom. The summed E-state index contributed by atoms with van der Waals surface area (Å²) in [5, 5.41) is 265. The quantitative estimate of drug-likeness (QED) is 0.0287. The molecule has 586 valence electrons. The molecule has 7 fully saturated rings. The van der Waals surface area contributed by atoms with Crippen molar-refractivity contribution in [2.24, 2.45) is 0 Å². The molecule has 7 aliphatic rings. The van der Waals surface area contributed by atoms with Gasteiger partial charge in [0.1, 0.15) is 189 Å². The fourth-order valence-electron chi connectivity index (χ4n) is 11.5. The smallest absolute Gasteiger partial charge is 0.394 e. The van der Waals surface area contributed by atoms with Gasteiger partial charge in [0.25, 0.3) is 0 Å². The third kappa shape index (κ3) is 20.5. The number of phosphoric acid groups is 2. The molecule has 7 heterocycles. The number of nitrogens with one attached hydrogen (secondary N) is 1. The maximum atomic E-state index is 12.3. The van der Waals surface area contributed by atoms with Crippen molar-refractivity contribution in [1.29, 1.82) is 0 Å². The highest BCUT2D eigenvalue weighted by Gasteiger charge is 2.59. The minimum atomic E-state index is -5.37. The summed E-state index contributed by atoms with van der Waals surface area (Å²) in [6.45, 7) is -9.67. The van der Waals surface area contributed by atoms with Crippen LogP contribution in [0.25, 0.3) is 0 Å². The van der Waals surface area contributed by atoms with Crippen LogP contribution in [0.3, 0.4) is 0 Å². The molecule has 0 aliphatic carbocycles. The maximum absolute atomic E-state index is 12.3. The Balaban J connectivity index is 1.24. The van der Waals surface area contributed by atoms with Gasteiger partial charge in [0.15, 0.2) is 44.0 Å². The monoisotopic (exact) mass is 1520 g/mol. The number of phosphoric ester groups is 2. The summed E-state index contributed by atoms with van der Waals surface area (Å²) >= 11 is 0. The Hall–Kier alpha value is -1.83. The standard InChI is InChI=1S/C50H89NO47P2/c1-11(57)51-12(2-52)21(59)39(13(58)3-53)94-48-38(76)41(96-50-43(33(71)24(62)16(6-56)89-50)98-47-36(74)31(69)26(64)20(93-47)10-86-100(80,81)82)28(66)18(91-48)7-83-44-37(75)40(95-46-35(73)30(68)25(63)19(92-46)9-85-99(77,78)79)27(65)17(90-44)8-84-49-42(32(70)23(61)15(5-55)88-49)97-45-34(72)29(67)22(60)14(4-54)87-45/h12-50,52-56,58-76H,2-10H2,1H3,(H,51,57)(H2,77,78,79)(H2,80,81,82)/t12-,13+,14+,15+,16+,17+,18+,19+,20+,21+,22+,23+,24+,25+,26+,27+,28+,29-,30-,31-,32-,33-,34-,35-,36-,37-,38-,39+,40-,41-,42-,43-,44-,45+,46+,47+,48-,49-,50+/m0/s1. The summed E-state index contributed by atoms with van der Waals surface area (Å²) < 4.78 is 112. The molecule has 39 atom stereocenters. The first kappa shape index (κ1) is 85.4. The molecule has 0 bridgehead atoms. The van der Waals surface area contributed by atoms with Crippen LogP contribution in [0.15, 0.2) is 0 Å². The summed E-state index contributed by atoms with van der Waals surface area (Å²) in [5.74, 6) is -0.893. The lowest BCUT2D eigenvalue weighted by atomic mass is 9.95. The fraction of sp³-hybridized carbons (Fsp3) is 0.980. The molecule has 0 spiro atoms. The van der Waals surface area contributed by atoms with E-state index in [9.17, 15) is 156 Å². The summed E-state index contributed by atoms with van der Waals surface area (Å²) in [6.07, 6.45) is -85.0. The van der Waals surface area contributed by atoms with Crippen LogP contribution in [0.1, 0.15) is 6.92 Å². The van der Waals surface area contributed by atoms with E-state index in [-0.39, 0.29) is 0 Å². The van der Waals surface area contributed by atoms with Crippen LogP contribution in [-0.4, -0.2) is 447 Å². The van der Waals surface area contributed by atoms with E-state index in [1.807, 2.05) is 0 Å². The van der Waals surface area contributed by atoms with E-state index in [2.05, 4.69) is 14.4 Å². The Labute approximate surface area is 562 Å². The Bertz CT molecular complexity index is 2590. The third-order valence-corrected chi connectivity index (χ3v) is 18.1. The molecule has 7 saturated heterocycles. The van der Waals surface area contributed by atoms with E-state index in [4.69, 9.17) is 66.3 Å². The number of carbonyl (C=O) groups is 1. The van der Waals surface area contributed by atoms with Crippen LogP contribution in [0.2, 0.25) is 0 Å². The molecular formula is C50H89NO47P2. The van der Waals surface area contributed by atoms with Gasteiger partial charge < -0.3 is 214 Å². The van der Waals surface area contributed by atoms with Crippen LogP contribution in [0.5, 0.6) is 0 Å². The number of rotatable bonds is 31. The van der Waals surface area contributed by atoms with Crippen LogP contribution >= 0.6 is 15.6 Å². The largest absolute Gasteiger partial charge is 0.469 e. The van der Waals surface area contributed by atoms with Crippen molar-refractivity contribution in [2.75, 3.05) is 59.5 Å². The molecule has 0 radical (unpaired) electrons. The summed E-state index contributed by atoms with van der Waals surface area (Å²) in [5.41, 5.74) is 0. The highest BCUT2D eigenvalue weighted by molar-refractivity contribution is 7.46. The minimum Gasteiger partial charge on any atom is -0.394 e. The number of aliphatic hydroxyl groups excluding tert-OH is 24. The number of carbonyl (C=O) groups excluding carboxylic acids is 1. The molecular weight excluding hydrogens is 1430 g/mol. The molecule has 100 heavy (non-hydrogen) atoms. The number of ether oxygens (including phenoxy) is 14. The first-order valence-electron chi connectivity index (χ1n) is 30.6. The maximum Gasteiger partial charge on any atom is 0.469 e. The lowest BCUT2D eigenvalue weighted by Crippen LogP contribution is -2.68. The van der Waals surface area contributed by atoms with Crippen molar-refractivity contribution in [3.8, 4) is 0 Å². The number of amides is 1. The van der Waals surface area contributed by atoms with Gasteiger partial charge in [-0.25, -0.2) is 9.13 Å². The molecule has 7 aliphatic heterocycles. The predicted molar refractivity (Wildman–Crippen MR) is 300 cm³/mol. The van der Waals surface area contributed by atoms with E-state index < -0.39 is 320 Å². The molecule has 1 amide bonds. The van der Waals surface area contributed by atoms with Gasteiger partial charge in [-0.05, 0) is 0 Å². The lowest BCUT2D eigenvalue weighted by molar-refractivity contribution is -0.395. The second-order valence-electron chi connectivity index (χ2n) is 24.2. The Morgan fingerprint density at radius 2 is 0.690 bits per heavy atom. The summed E-state index contributed by atoms with van der Waals surface area (Å²) in [6, 6.07) is -1.77. The predicted octanol–water partition coefficient (Wildman–Crippen LogP) is -18.4. The molecule has 0 aromatic carbocycles. The zero-order valence-corrected chi connectivity index (χ0v) is 53.8. The fourth-order valence-corrected chi connectivity index (χ4v) is 12.2. The molecule has 29 N–H and O–H groups in total. The van der Waals surface area contributed by atoms with E-state index in [0.29, 0.717) is 0 Å². The summed E-state index contributed by atoms with van der Waals surface area (Å²) in [4.78, 5) is 49.5. The van der Waals surface area contributed by atoms with E-state index in [1.165, 1.54) is 0 Å². The van der Waals surface area contributed by atoms with E-state index >= 15 is 0 Å². The van der Waals surface area contributed by atoms with Crippen LogP contribution in [0.4, 0.5) is 0 Å². The average molecular weight is 1520 g/mol. The van der Waals surface area contributed by atoms with Crippen molar-refractivity contribution >= 4 is 21.6 Å². The molecule has 50 heteroatoms. The Kier molecular flexibility index (Phi) is 31.5. The van der Waals surface area contributed by atoms with Gasteiger partial charge in [-0.2, -0.15) is 0 Å². The topological polar surface area (TPSA) is 777 Å². The molecule has 0 saturated carbocycles. The molecule has 0 aromatic heterocycles. The van der Waals surface area contributed by atoms with Crippen molar-refractivity contribution in [2.45, 2.75) is 246 Å². The number of hydrogen-bond acceptors (Lipinski definition) is 43. The van der Waals surface area contributed by atoms with Gasteiger partial charge in [0.2, 0.25) is 5.91 Å². The molecule has 7 rings (SSSR count). The minimum absolute atomic E-state index is 0.893. The normalized spacial score (nSPS) is 46.0. The average Bonchev–Trinajstić information content (AvgIpc) is 0.780. The summed E-state index contributed by atoms with van der Waals surface area (Å²) in [7, 11) is -10.7. The van der Waals surface area contributed by atoms with E-state index in [1.54, 1.807) is 0 Å². The molecule has 0 unspecified atom stereocenters. The van der Waals surface area contributed by atoms with Gasteiger partial charge >= 0.3 is 15.6 Å². The van der Waals surface area contributed by atoms with Crippen molar-refractivity contribution in [3.05, 3.63) is 0 Å². The van der Waals surface area contributed by atoms with Gasteiger partial charge in [-0.15, -0.1) is 0 Å². The van der Waals surface area contributed by atoms with E-state index in [0.717, 1.165) is 6.92 Å². The van der Waals surface area contributed by atoms with Crippen molar-refractivity contribution in [1.82, 2.24) is 5.32 Å². The van der Waals surface area contributed by atoms with Gasteiger partial charge in [-0.3, -0.25) is 13.8 Å². The van der Waals surface area contributed by atoms with Crippen LogP contribution in [0, 0.1) is 0 Å². The van der Waals surface area contributed by atoms with Gasteiger partial charge in [0.05, 0.1) is 65.5 Å². The third-order valence-electron chi connectivity index (χ3n) is 17.1. The second kappa shape index (κ2) is 36.8. The second-order valence-corrected chi connectivity index (χ2v) is 26.6. The first-order chi connectivity index (χ1) is 46.8. The SMILES string of the molecule is CC(=O)N[C@@H](CO)[C@@H](O)[C@H](O[C@@H]1O[C@H](CO[C@H]2O[C@H](CO[C@H]3O[C@H](CO)[C@@H](O)[C@H](O)[C@@H]3O[C@H]3O[C@H](CO)[C@@H](O)[C@H](O)[C@@H]3O)[C@@H](O)[C@H](O[C@H]3O[C@H](COP(=O)(O)O)[C@@H](O)[C@H](O)[C@@H]3O)[C@@H]2O)[C@@H](O)[C@H](O[C@H]2O[C@H](CO)[C@@H](O)[C@H](O)[C@@H]2O[C@H]2O[C@H](COP(=O)(O)O)[C@@H](O)[C@H](O)[C@@H]2O)[C@@H]1O)[C@H](O)CO.